The zero-order valence-corrected chi connectivity index (χ0v) is 13.2. The first kappa shape index (κ1) is 16.0. The summed E-state index contributed by atoms with van der Waals surface area (Å²) in [6, 6.07) is 1.53. The number of hydrogen-bond acceptors (Lipinski definition) is 6. The van der Waals surface area contributed by atoms with Gasteiger partial charge in [0.05, 0.1) is 7.11 Å². The highest BCUT2D eigenvalue weighted by atomic mass is 32.2. The van der Waals surface area contributed by atoms with Gasteiger partial charge >= 0.3 is 5.97 Å². The molecule has 1 aromatic heterocycles. The number of rotatable bonds is 5. The van der Waals surface area contributed by atoms with Crippen LogP contribution in [0.1, 0.15) is 38.3 Å². The lowest BCUT2D eigenvalue weighted by molar-refractivity contribution is -0.146. The molecule has 0 saturated heterocycles. The number of carbonyl (C=O) groups is 1. The lowest BCUT2D eigenvalue weighted by Gasteiger charge is -2.20. The van der Waals surface area contributed by atoms with Crippen LogP contribution in [0.25, 0.3) is 0 Å². The Hall–Kier alpha value is -1.34. The summed E-state index contributed by atoms with van der Waals surface area (Å²) in [6.07, 6.45) is 3.66. The van der Waals surface area contributed by atoms with Crippen LogP contribution < -0.4 is 11.3 Å². The van der Waals surface area contributed by atoms with Crippen molar-refractivity contribution in [3.8, 4) is 0 Å². The van der Waals surface area contributed by atoms with Gasteiger partial charge in [0.25, 0.3) is 5.56 Å². The first-order chi connectivity index (χ1) is 9.96. The van der Waals surface area contributed by atoms with Crippen molar-refractivity contribution in [1.82, 2.24) is 9.97 Å². The Bertz CT molecular complexity index is 575. The lowest BCUT2D eigenvalue weighted by atomic mass is 10.00. The van der Waals surface area contributed by atoms with E-state index in [1.165, 1.54) is 24.9 Å². The quantitative estimate of drug-likeness (QED) is 0.627. The largest absolute Gasteiger partial charge is 0.468 e. The van der Waals surface area contributed by atoms with Crippen LogP contribution in [0, 0.1) is 0 Å². The van der Waals surface area contributed by atoms with Crippen LogP contribution in [-0.4, -0.2) is 33.8 Å². The van der Waals surface area contributed by atoms with E-state index in [2.05, 4.69) is 9.97 Å². The fourth-order valence-electron chi connectivity index (χ4n) is 2.60. The number of hydrogen-bond donors (Lipinski definition) is 2. The first-order valence-electron chi connectivity index (χ1n) is 7.11. The molecule has 1 heterocycles. The van der Waals surface area contributed by atoms with E-state index in [4.69, 9.17) is 10.5 Å². The number of nitrogens with zero attached hydrogens (tertiary/aromatic N) is 1. The molecule has 2 rings (SSSR count). The summed E-state index contributed by atoms with van der Waals surface area (Å²) in [4.78, 5) is 30.5. The molecule has 0 amide bonds. The summed E-state index contributed by atoms with van der Waals surface area (Å²) in [7, 11) is 1.35. The second-order valence-corrected chi connectivity index (χ2v) is 6.71. The van der Waals surface area contributed by atoms with Gasteiger partial charge in [-0.25, -0.2) is 4.98 Å². The van der Waals surface area contributed by atoms with Crippen molar-refractivity contribution in [3.05, 3.63) is 22.1 Å². The average molecular weight is 311 g/mol. The monoisotopic (exact) mass is 311 g/mol. The summed E-state index contributed by atoms with van der Waals surface area (Å²) < 4.78 is 4.76. The molecule has 0 aromatic carbocycles. The number of aromatic amines is 1. The van der Waals surface area contributed by atoms with Gasteiger partial charge in [-0.3, -0.25) is 9.59 Å². The highest BCUT2D eigenvalue weighted by molar-refractivity contribution is 7.99. The number of nitrogens with two attached hydrogens (primary N) is 1. The summed E-state index contributed by atoms with van der Waals surface area (Å²) in [6.45, 7) is 2.05. The normalized spacial score (nSPS) is 25.0. The van der Waals surface area contributed by atoms with Crippen LogP contribution in [-0.2, 0) is 16.0 Å². The third kappa shape index (κ3) is 3.85. The number of aryl methyl sites for hydroxylation is 1. The summed E-state index contributed by atoms with van der Waals surface area (Å²) in [5.74, 6) is -0.369. The second-order valence-electron chi connectivity index (χ2n) is 5.42. The molecule has 0 radical (unpaired) electrons. The van der Waals surface area contributed by atoms with Crippen molar-refractivity contribution in [3.63, 3.8) is 0 Å². The molecular formula is C14H21N3O3S. The number of thioether (sulfide) groups is 1. The van der Waals surface area contributed by atoms with Crippen molar-refractivity contribution < 1.29 is 9.53 Å². The average Bonchev–Trinajstić information content (AvgIpc) is 2.80. The first-order valence-corrected chi connectivity index (χ1v) is 7.99. The molecular weight excluding hydrogens is 290 g/mol. The number of H-pyrrole nitrogens is 1. The van der Waals surface area contributed by atoms with E-state index in [1.807, 2.05) is 6.92 Å². The van der Waals surface area contributed by atoms with Gasteiger partial charge in [0.2, 0.25) is 0 Å². The third-order valence-electron chi connectivity index (χ3n) is 3.65. The molecule has 3 N–H and O–H groups in total. The van der Waals surface area contributed by atoms with Gasteiger partial charge in [-0.1, -0.05) is 25.1 Å². The predicted octanol–water partition coefficient (Wildman–Crippen LogP) is 1.24. The van der Waals surface area contributed by atoms with Crippen LogP contribution in [0.4, 0.5) is 0 Å². The molecule has 116 valence electrons. The number of ether oxygens (including phenoxy) is 1. The Morgan fingerprint density at radius 3 is 3.10 bits per heavy atom. The Kier molecular flexibility index (Phi) is 5.05. The Morgan fingerprint density at radius 1 is 1.67 bits per heavy atom. The van der Waals surface area contributed by atoms with Gasteiger partial charge in [-0.05, 0) is 25.7 Å². The van der Waals surface area contributed by atoms with Gasteiger partial charge in [0.1, 0.15) is 5.54 Å². The standard InChI is InChI=1S/C14H21N3O3S/c1-3-4-9-7-11(18)17-13(16-9)21-10-5-6-14(15,8-10)12(19)20-2/h7,10H,3-6,8,15H2,1-2H3,(H,16,17,18). The molecule has 6 nitrogen and oxygen atoms in total. The lowest BCUT2D eigenvalue weighted by Crippen LogP contribution is -2.46. The van der Waals surface area contributed by atoms with Gasteiger partial charge in [0, 0.05) is 17.0 Å². The maximum atomic E-state index is 11.7. The Balaban J connectivity index is 2.06. The zero-order valence-electron chi connectivity index (χ0n) is 12.3. The van der Waals surface area contributed by atoms with Crippen molar-refractivity contribution in [2.24, 2.45) is 5.73 Å². The van der Waals surface area contributed by atoms with Gasteiger partial charge < -0.3 is 15.5 Å². The number of esters is 1. The molecule has 2 unspecified atom stereocenters. The molecule has 1 aromatic rings. The fourth-order valence-corrected chi connectivity index (χ4v) is 3.86. The van der Waals surface area contributed by atoms with Crippen LogP contribution in [0.3, 0.4) is 0 Å². The number of aromatic nitrogens is 2. The number of nitrogens with one attached hydrogen (secondary N) is 1. The topological polar surface area (TPSA) is 98.1 Å². The molecule has 21 heavy (non-hydrogen) atoms. The van der Waals surface area contributed by atoms with Crippen LogP contribution >= 0.6 is 11.8 Å². The SMILES string of the molecule is CCCc1cc(=O)[nH]c(SC2CCC(N)(C(=O)OC)C2)n1. The summed E-state index contributed by atoms with van der Waals surface area (Å²) in [5, 5.41) is 0.763. The van der Waals surface area contributed by atoms with E-state index < -0.39 is 5.54 Å². The maximum absolute atomic E-state index is 11.7. The van der Waals surface area contributed by atoms with Gasteiger partial charge in [0.15, 0.2) is 5.16 Å². The molecule has 0 bridgehead atoms. The minimum atomic E-state index is -0.909. The molecule has 0 spiro atoms. The second kappa shape index (κ2) is 6.62. The maximum Gasteiger partial charge on any atom is 0.325 e. The molecule has 2 atom stereocenters. The highest BCUT2D eigenvalue weighted by Crippen LogP contribution is 2.38. The van der Waals surface area contributed by atoms with E-state index >= 15 is 0 Å². The van der Waals surface area contributed by atoms with E-state index in [0.29, 0.717) is 18.0 Å². The fraction of sp³-hybridized carbons (Fsp3) is 0.643. The van der Waals surface area contributed by atoms with E-state index in [1.54, 1.807) is 0 Å². The zero-order chi connectivity index (χ0) is 15.5. The third-order valence-corrected chi connectivity index (χ3v) is 4.81. The molecule has 1 aliphatic carbocycles. The van der Waals surface area contributed by atoms with Crippen molar-refractivity contribution >= 4 is 17.7 Å². The van der Waals surface area contributed by atoms with E-state index in [-0.39, 0.29) is 16.8 Å². The smallest absolute Gasteiger partial charge is 0.325 e. The minimum Gasteiger partial charge on any atom is -0.468 e. The van der Waals surface area contributed by atoms with Crippen molar-refractivity contribution in [1.29, 1.82) is 0 Å². The molecule has 1 aliphatic rings. The Labute approximate surface area is 127 Å². The molecule has 1 saturated carbocycles. The molecule has 0 aliphatic heterocycles. The van der Waals surface area contributed by atoms with E-state index in [9.17, 15) is 9.59 Å². The van der Waals surface area contributed by atoms with E-state index in [0.717, 1.165) is 25.0 Å². The number of methoxy groups -OCH3 is 1. The van der Waals surface area contributed by atoms with Gasteiger partial charge in [-0.2, -0.15) is 0 Å². The molecule has 1 fully saturated rings. The summed E-state index contributed by atoms with van der Waals surface area (Å²) in [5.41, 5.74) is 5.84. The van der Waals surface area contributed by atoms with Crippen LogP contribution in [0.5, 0.6) is 0 Å². The van der Waals surface area contributed by atoms with Crippen molar-refractivity contribution in [2.45, 2.75) is 55.0 Å². The van der Waals surface area contributed by atoms with Crippen LogP contribution in [0.15, 0.2) is 16.0 Å². The minimum absolute atomic E-state index is 0.138. The number of carbonyl (C=O) groups excluding carboxylic acids is 1. The van der Waals surface area contributed by atoms with Crippen LogP contribution in [0.2, 0.25) is 0 Å². The van der Waals surface area contributed by atoms with Crippen molar-refractivity contribution in [2.75, 3.05) is 7.11 Å². The molecule has 7 heteroatoms. The van der Waals surface area contributed by atoms with Gasteiger partial charge in [-0.15, -0.1) is 0 Å². The summed E-state index contributed by atoms with van der Waals surface area (Å²) >= 11 is 1.48. The Morgan fingerprint density at radius 2 is 2.43 bits per heavy atom. The highest BCUT2D eigenvalue weighted by Gasteiger charge is 2.43. The predicted molar refractivity (Wildman–Crippen MR) is 81.3 cm³/mol.